The first-order valence-corrected chi connectivity index (χ1v) is 10.2. The summed E-state index contributed by atoms with van der Waals surface area (Å²) in [5.74, 6) is 0.831. The minimum atomic E-state index is 0.694. The number of anilines is 1. The monoisotopic (exact) mass is 325 g/mol. The summed E-state index contributed by atoms with van der Waals surface area (Å²) in [5, 5.41) is 0. The third-order valence-corrected chi connectivity index (χ3v) is 7.26. The van der Waals surface area contributed by atoms with Crippen molar-refractivity contribution in [2.45, 2.75) is 57.0 Å². The summed E-state index contributed by atoms with van der Waals surface area (Å²) in [5.41, 5.74) is 4.79. The molecule has 3 fully saturated rings. The van der Waals surface area contributed by atoms with Crippen LogP contribution < -0.4 is 4.90 Å². The highest BCUT2D eigenvalue weighted by atomic mass is 15.3. The molecule has 0 amide bonds. The highest BCUT2D eigenvalue weighted by Crippen LogP contribution is 2.49. The third kappa shape index (κ3) is 2.40. The number of hydrogen-bond acceptors (Lipinski definition) is 3. The summed E-state index contributed by atoms with van der Waals surface area (Å²) in [6.45, 7) is 9.74. The maximum absolute atomic E-state index is 2.74. The maximum atomic E-state index is 2.74. The minimum absolute atomic E-state index is 0.694. The Hall–Kier alpha value is -1.06. The molecule has 3 heteroatoms. The zero-order valence-electron chi connectivity index (χ0n) is 15.1. The Morgan fingerprint density at radius 1 is 0.958 bits per heavy atom. The minimum Gasteiger partial charge on any atom is -0.369 e. The molecule has 2 atom stereocenters. The SMILES string of the molecule is CCN1CCC2CC1c1cc(N3CCN(C4CCC4)CC3)ccc12. The van der Waals surface area contributed by atoms with E-state index in [4.69, 9.17) is 0 Å². The van der Waals surface area contributed by atoms with Crippen LogP contribution in [0.3, 0.4) is 0 Å². The Morgan fingerprint density at radius 3 is 2.50 bits per heavy atom. The van der Waals surface area contributed by atoms with Crippen LogP contribution in [-0.4, -0.2) is 55.1 Å². The quantitative estimate of drug-likeness (QED) is 0.840. The zero-order chi connectivity index (χ0) is 16.1. The number of piperidine rings is 1. The zero-order valence-corrected chi connectivity index (χ0v) is 15.1. The normalized spacial score (nSPS) is 31.1. The molecule has 2 unspecified atom stereocenters. The first kappa shape index (κ1) is 15.2. The lowest BCUT2D eigenvalue weighted by atomic mass is 9.91. The van der Waals surface area contributed by atoms with E-state index in [2.05, 4.69) is 39.8 Å². The van der Waals surface area contributed by atoms with Crippen molar-refractivity contribution in [1.82, 2.24) is 9.80 Å². The number of likely N-dealkylation sites (tertiary alicyclic amines) is 1. The van der Waals surface area contributed by atoms with Crippen LogP contribution in [0.4, 0.5) is 5.69 Å². The van der Waals surface area contributed by atoms with Gasteiger partial charge in [-0.15, -0.1) is 0 Å². The van der Waals surface area contributed by atoms with Gasteiger partial charge >= 0.3 is 0 Å². The first-order chi connectivity index (χ1) is 11.8. The van der Waals surface area contributed by atoms with E-state index in [1.165, 1.54) is 77.1 Å². The molecule has 0 aromatic heterocycles. The standard InChI is InChI=1S/C21H31N3/c1-2-22-9-8-16-14-21(22)20-15-18(6-7-19(16)20)24-12-10-23(11-13-24)17-4-3-5-17/h6-7,15-17,21H,2-5,8-14H2,1H3. The van der Waals surface area contributed by atoms with Crippen molar-refractivity contribution in [2.75, 3.05) is 44.2 Å². The van der Waals surface area contributed by atoms with Gasteiger partial charge < -0.3 is 4.90 Å². The number of benzene rings is 1. The summed E-state index contributed by atoms with van der Waals surface area (Å²) in [4.78, 5) is 8.06. The average Bonchev–Trinajstić information content (AvgIpc) is 2.87. The van der Waals surface area contributed by atoms with E-state index < -0.39 is 0 Å². The van der Waals surface area contributed by atoms with Crippen molar-refractivity contribution in [3.8, 4) is 0 Å². The molecule has 2 heterocycles. The van der Waals surface area contributed by atoms with Crippen LogP contribution >= 0.6 is 0 Å². The molecule has 0 radical (unpaired) electrons. The van der Waals surface area contributed by atoms with E-state index in [0.29, 0.717) is 6.04 Å². The van der Waals surface area contributed by atoms with E-state index in [-0.39, 0.29) is 0 Å². The van der Waals surface area contributed by atoms with Crippen LogP contribution in [0, 0.1) is 0 Å². The Balaban J connectivity index is 1.33. The second-order valence-corrected chi connectivity index (χ2v) is 8.29. The van der Waals surface area contributed by atoms with Crippen molar-refractivity contribution in [1.29, 1.82) is 0 Å². The number of hydrogen-bond donors (Lipinski definition) is 0. The van der Waals surface area contributed by atoms with Crippen LogP contribution in [-0.2, 0) is 0 Å². The molecule has 2 saturated heterocycles. The molecular weight excluding hydrogens is 294 g/mol. The van der Waals surface area contributed by atoms with Crippen LogP contribution in [0.1, 0.15) is 62.1 Å². The number of nitrogens with zero attached hydrogens (tertiary/aromatic N) is 3. The molecule has 2 aliphatic carbocycles. The van der Waals surface area contributed by atoms with Gasteiger partial charge in [0.2, 0.25) is 0 Å². The van der Waals surface area contributed by atoms with E-state index >= 15 is 0 Å². The lowest BCUT2D eigenvalue weighted by Crippen LogP contribution is -2.52. The van der Waals surface area contributed by atoms with Gasteiger partial charge in [0, 0.05) is 44.0 Å². The summed E-state index contributed by atoms with van der Waals surface area (Å²) in [7, 11) is 0. The van der Waals surface area contributed by atoms with Crippen molar-refractivity contribution in [3.63, 3.8) is 0 Å². The Morgan fingerprint density at radius 2 is 1.79 bits per heavy atom. The maximum Gasteiger partial charge on any atom is 0.0370 e. The van der Waals surface area contributed by atoms with Gasteiger partial charge in [0.25, 0.3) is 0 Å². The molecule has 2 bridgehead atoms. The van der Waals surface area contributed by atoms with Crippen LogP contribution in [0.15, 0.2) is 18.2 Å². The summed E-state index contributed by atoms with van der Waals surface area (Å²) < 4.78 is 0. The van der Waals surface area contributed by atoms with Gasteiger partial charge in [-0.25, -0.2) is 0 Å². The van der Waals surface area contributed by atoms with Gasteiger partial charge in [-0.05, 0) is 68.0 Å². The molecule has 1 aromatic carbocycles. The fraction of sp³-hybridized carbons (Fsp3) is 0.714. The molecule has 5 rings (SSSR count). The van der Waals surface area contributed by atoms with Crippen molar-refractivity contribution < 1.29 is 0 Å². The van der Waals surface area contributed by atoms with Crippen LogP contribution in [0.25, 0.3) is 0 Å². The van der Waals surface area contributed by atoms with E-state index in [1.807, 2.05) is 0 Å². The van der Waals surface area contributed by atoms with Gasteiger partial charge in [-0.1, -0.05) is 19.4 Å². The molecular formula is C21H31N3. The van der Waals surface area contributed by atoms with Crippen molar-refractivity contribution >= 4 is 5.69 Å². The lowest BCUT2D eigenvalue weighted by Gasteiger charge is -2.43. The van der Waals surface area contributed by atoms with Gasteiger partial charge in [-0.2, -0.15) is 0 Å². The van der Waals surface area contributed by atoms with E-state index in [1.54, 1.807) is 11.1 Å². The summed E-state index contributed by atoms with van der Waals surface area (Å²) in [6.07, 6.45) is 7.05. The van der Waals surface area contributed by atoms with E-state index in [9.17, 15) is 0 Å². The molecule has 0 spiro atoms. The van der Waals surface area contributed by atoms with E-state index in [0.717, 1.165) is 12.0 Å². The van der Waals surface area contributed by atoms with Crippen LogP contribution in [0.5, 0.6) is 0 Å². The number of piperazine rings is 1. The van der Waals surface area contributed by atoms with Crippen LogP contribution in [0.2, 0.25) is 0 Å². The largest absolute Gasteiger partial charge is 0.369 e. The predicted molar refractivity (Wildman–Crippen MR) is 99.8 cm³/mol. The van der Waals surface area contributed by atoms with Crippen molar-refractivity contribution in [3.05, 3.63) is 29.3 Å². The molecule has 2 aliphatic heterocycles. The molecule has 3 nitrogen and oxygen atoms in total. The third-order valence-electron chi connectivity index (χ3n) is 7.26. The fourth-order valence-electron chi connectivity index (χ4n) is 5.51. The Kier molecular flexibility index (Phi) is 3.82. The molecule has 1 saturated carbocycles. The molecule has 4 aliphatic rings. The predicted octanol–water partition coefficient (Wildman–Crippen LogP) is 3.62. The molecule has 130 valence electrons. The van der Waals surface area contributed by atoms with Gasteiger partial charge in [-0.3, -0.25) is 9.80 Å². The van der Waals surface area contributed by atoms with Gasteiger partial charge in [0.05, 0.1) is 0 Å². The second-order valence-electron chi connectivity index (χ2n) is 8.29. The molecule has 1 aromatic rings. The number of fused-ring (bicyclic) bond motifs is 5. The fourth-order valence-corrected chi connectivity index (χ4v) is 5.51. The average molecular weight is 326 g/mol. The van der Waals surface area contributed by atoms with Gasteiger partial charge in [0.15, 0.2) is 0 Å². The lowest BCUT2D eigenvalue weighted by molar-refractivity contribution is 0.120. The molecule has 24 heavy (non-hydrogen) atoms. The van der Waals surface area contributed by atoms with Gasteiger partial charge in [0.1, 0.15) is 0 Å². The van der Waals surface area contributed by atoms with Crippen molar-refractivity contribution in [2.24, 2.45) is 0 Å². The summed E-state index contributed by atoms with van der Waals surface area (Å²) in [6, 6.07) is 9.03. The summed E-state index contributed by atoms with van der Waals surface area (Å²) >= 11 is 0. The Labute approximate surface area is 146 Å². The number of rotatable bonds is 3. The highest BCUT2D eigenvalue weighted by Gasteiger charge is 2.38. The highest BCUT2D eigenvalue weighted by molar-refractivity contribution is 5.55. The first-order valence-electron chi connectivity index (χ1n) is 10.2. The molecule has 0 N–H and O–H groups in total. The Bertz CT molecular complexity index is 601. The topological polar surface area (TPSA) is 9.72 Å². The second kappa shape index (κ2) is 6.03. The smallest absolute Gasteiger partial charge is 0.0370 e.